The number of ether oxygens (including phenoxy) is 2. The van der Waals surface area contributed by atoms with Crippen molar-refractivity contribution in [1.82, 2.24) is 14.8 Å². The first-order valence-electron chi connectivity index (χ1n) is 13.0. The maximum atomic E-state index is 13.3. The summed E-state index contributed by atoms with van der Waals surface area (Å²) >= 11 is 0. The molecule has 10 heteroatoms. The van der Waals surface area contributed by atoms with Gasteiger partial charge in [0.15, 0.2) is 5.58 Å². The number of nitrogens with zero attached hydrogens (tertiary/aromatic N) is 3. The van der Waals surface area contributed by atoms with Crippen molar-refractivity contribution in [3.63, 3.8) is 0 Å². The normalized spacial score (nSPS) is 21.4. The molecule has 10 nitrogen and oxygen atoms in total. The molecule has 2 aliphatic rings. The van der Waals surface area contributed by atoms with E-state index in [2.05, 4.69) is 11.4 Å². The predicted octanol–water partition coefficient (Wildman–Crippen LogP) is 3.37. The third kappa shape index (κ3) is 5.40. The molecule has 2 aromatic carbocycles. The first kappa shape index (κ1) is 26.5. The molecule has 5 rings (SSSR count). The average molecular weight is 533 g/mol. The predicted molar refractivity (Wildman–Crippen MR) is 143 cm³/mol. The van der Waals surface area contributed by atoms with E-state index in [-0.39, 0.29) is 17.9 Å². The number of benzene rings is 2. The third-order valence-corrected chi connectivity index (χ3v) is 7.28. The summed E-state index contributed by atoms with van der Waals surface area (Å²) in [5, 5.41) is 12.6. The monoisotopic (exact) mass is 532 g/mol. The van der Waals surface area contributed by atoms with Crippen molar-refractivity contribution in [1.29, 1.82) is 5.26 Å². The van der Waals surface area contributed by atoms with Crippen LogP contribution in [0.25, 0.3) is 22.2 Å². The molecule has 0 spiro atoms. The number of carbonyl (C=O) groups is 2. The number of fused-ring (bicyclic) bond motifs is 2. The summed E-state index contributed by atoms with van der Waals surface area (Å²) in [4.78, 5) is 39.6. The SMILES string of the molecule is Cn1c(=O)oc2ccc(-c3ccc(C[C@@H](C#N)NC(=O)[C@@H]4CC5COC[C@@H]5N4C(=O)OC(C)(C)C)cc3)cc21. The van der Waals surface area contributed by atoms with Gasteiger partial charge in [0, 0.05) is 19.4 Å². The fraction of sp³-hybridized carbons (Fsp3) is 0.448. The molecule has 2 saturated heterocycles. The van der Waals surface area contributed by atoms with Gasteiger partial charge in [0.05, 0.1) is 30.8 Å². The largest absolute Gasteiger partial charge is 0.444 e. The number of aromatic nitrogens is 1. The van der Waals surface area contributed by atoms with E-state index in [0.717, 1.165) is 16.7 Å². The highest BCUT2D eigenvalue weighted by molar-refractivity contribution is 5.87. The summed E-state index contributed by atoms with van der Waals surface area (Å²) < 4.78 is 17.8. The maximum Gasteiger partial charge on any atom is 0.419 e. The minimum atomic E-state index is -0.766. The highest BCUT2D eigenvalue weighted by Gasteiger charge is 2.51. The summed E-state index contributed by atoms with van der Waals surface area (Å²) in [7, 11) is 1.66. The van der Waals surface area contributed by atoms with E-state index in [9.17, 15) is 19.6 Å². The van der Waals surface area contributed by atoms with Crippen LogP contribution < -0.4 is 11.1 Å². The molecule has 2 fully saturated rings. The van der Waals surface area contributed by atoms with E-state index in [4.69, 9.17) is 13.9 Å². The summed E-state index contributed by atoms with van der Waals surface area (Å²) in [5.41, 5.74) is 3.28. The molecule has 0 bridgehead atoms. The second-order valence-electron chi connectivity index (χ2n) is 11.2. The van der Waals surface area contributed by atoms with Crippen molar-refractivity contribution in [2.45, 2.75) is 57.3 Å². The number of rotatable bonds is 5. The molecule has 1 unspecified atom stereocenters. The average Bonchev–Trinajstić information content (AvgIpc) is 3.56. The summed E-state index contributed by atoms with van der Waals surface area (Å²) in [6.45, 7) is 6.21. The van der Waals surface area contributed by atoms with Gasteiger partial charge in [-0.3, -0.25) is 14.3 Å². The number of oxazole rings is 1. The van der Waals surface area contributed by atoms with Crippen LogP contribution in [-0.2, 0) is 27.7 Å². The molecule has 4 atom stereocenters. The van der Waals surface area contributed by atoms with Crippen molar-refractivity contribution in [2.75, 3.05) is 13.2 Å². The van der Waals surface area contributed by atoms with Gasteiger partial charge in [-0.15, -0.1) is 0 Å². The van der Waals surface area contributed by atoms with Crippen LogP contribution in [0.15, 0.2) is 51.7 Å². The molecule has 2 aliphatic heterocycles. The van der Waals surface area contributed by atoms with E-state index in [1.54, 1.807) is 33.9 Å². The molecular formula is C29H32N4O6. The lowest BCUT2D eigenvalue weighted by atomic mass is 10.00. The molecule has 1 aromatic heterocycles. The number of hydrogen-bond donors (Lipinski definition) is 1. The second-order valence-corrected chi connectivity index (χ2v) is 11.2. The lowest BCUT2D eigenvalue weighted by molar-refractivity contribution is -0.126. The van der Waals surface area contributed by atoms with E-state index < -0.39 is 29.5 Å². The number of nitriles is 1. The molecule has 2 amide bonds. The number of carbonyl (C=O) groups excluding carboxylic acids is 2. The lowest BCUT2D eigenvalue weighted by Crippen LogP contribution is -2.52. The summed E-state index contributed by atoms with van der Waals surface area (Å²) in [6, 6.07) is 13.7. The molecule has 0 radical (unpaired) electrons. The van der Waals surface area contributed by atoms with Crippen LogP contribution in [0.1, 0.15) is 32.8 Å². The second kappa shape index (κ2) is 10.2. The zero-order chi connectivity index (χ0) is 27.9. The van der Waals surface area contributed by atoms with Crippen LogP contribution in [0.5, 0.6) is 0 Å². The van der Waals surface area contributed by atoms with Crippen molar-refractivity contribution in [2.24, 2.45) is 13.0 Å². The van der Waals surface area contributed by atoms with Gasteiger partial charge in [-0.2, -0.15) is 5.26 Å². The molecular weight excluding hydrogens is 500 g/mol. The Kier molecular flexibility index (Phi) is 6.95. The minimum absolute atomic E-state index is 0.0602. The first-order chi connectivity index (χ1) is 18.5. The molecule has 1 N–H and O–H groups in total. The van der Waals surface area contributed by atoms with E-state index >= 15 is 0 Å². The molecule has 204 valence electrons. The highest BCUT2D eigenvalue weighted by atomic mass is 16.6. The standard InChI is InChI=1S/C29H32N4O6/c1-29(2,3)39-28(36)33-23(13-20-15-37-16-24(20)33)26(34)31-21(14-30)11-17-5-7-18(8-6-17)19-9-10-25-22(12-19)32(4)27(35)38-25/h5-10,12,20-21,23-24H,11,13,15-16H2,1-4H3,(H,31,34)/t20?,21-,23-,24-/m0/s1. The lowest BCUT2D eigenvalue weighted by Gasteiger charge is -2.31. The Balaban J connectivity index is 1.27. The van der Waals surface area contributed by atoms with Gasteiger partial charge < -0.3 is 19.2 Å². The van der Waals surface area contributed by atoms with Crippen LogP contribution in [0.2, 0.25) is 0 Å². The Morgan fingerprint density at radius 2 is 1.87 bits per heavy atom. The van der Waals surface area contributed by atoms with Crippen LogP contribution in [0, 0.1) is 17.2 Å². The minimum Gasteiger partial charge on any atom is -0.444 e. The van der Waals surface area contributed by atoms with Gasteiger partial charge in [-0.05, 0) is 56.0 Å². The van der Waals surface area contributed by atoms with Gasteiger partial charge in [0.25, 0.3) is 0 Å². The Labute approximate surface area is 226 Å². The number of hydrogen-bond acceptors (Lipinski definition) is 7. The highest BCUT2D eigenvalue weighted by Crippen LogP contribution is 2.36. The van der Waals surface area contributed by atoms with Crippen molar-refractivity contribution in [3.05, 3.63) is 58.6 Å². The van der Waals surface area contributed by atoms with Gasteiger partial charge in [0.2, 0.25) is 5.91 Å². The zero-order valence-electron chi connectivity index (χ0n) is 22.5. The van der Waals surface area contributed by atoms with Crippen LogP contribution >= 0.6 is 0 Å². The Morgan fingerprint density at radius 3 is 2.56 bits per heavy atom. The van der Waals surface area contributed by atoms with E-state index in [1.165, 1.54) is 9.47 Å². The molecule has 0 aliphatic carbocycles. The molecule has 0 saturated carbocycles. The number of likely N-dealkylation sites (tertiary alicyclic amines) is 1. The van der Waals surface area contributed by atoms with Crippen LogP contribution in [-0.4, -0.2) is 58.4 Å². The van der Waals surface area contributed by atoms with Crippen LogP contribution in [0.4, 0.5) is 4.79 Å². The topological polar surface area (TPSA) is 127 Å². The molecule has 39 heavy (non-hydrogen) atoms. The van der Waals surface area contributed by atoms with Gasteiger partial charge in [0.1, 0.15) is 17.7 Å². The number of amides is 2. The van der Waals surface area contributed by atoms with E-state index in [1.807, 2.05) is 36.4 Å². The van der Waals surface area contributed by atoms with Crippen molar-refractivity contribution >= 4 is 23.1 Å². The van der Waals surface area contributed by atoms with Crippen molar-refractivity contribution < 1.29 is 23.5 Å². The number of nitrogens with one attached hydrogen (secondary N) is 1. The molecule has 3 aromatic rings. The van der Waals surface area contributed by atoms with Gasteiger partial charge >= 0.3 is 11.8 Å². The van der Waals surface area contributed by atoms with E-state index in [0.29, 0.717) is 37.2 Å². The first-order valence-corrected chi connectivity index (χ1v) is 13.0. The quantitative estimate of drug-likeness (QED) is 0.534. The fourth-order valence-corrected chi connectivity index (χ4v) is 5.33. The fourth-order valence-electron chi connectivity index (χ4n) is 5.33. The van der Waals surface area contributed by atoms with Gasteiger partial charge in [-0.25, -0.2) is 9.59 Å². The van der Waals surface area contributed by atoms with Crippen molar-refractivity contribution in [3.8, 4) is 17.2 Å². The van der Waals surface area contributed by atoms with Gasteiger partial charge in [-0.1, -0.05) is 30.3 Å². The Hall–Kier alpha value is -4.10. The third-order valence-electron chi connectivity index (χ3n) is 7.28. The smallest absolute Gasteiger partial charge is 0.419 e. The molecule has 3 heterocycles. The summed E-state index contributed by atoms with van der Waals surface area (Å²) in [5.74, 6) is -0.715. The summed E-state index contributed by atoms with van der Waals surface area (Å²) in [6.07, 6.45) is 0.237. The number of aryl methyl sites for hydroxylation is 1. The Morgan fingerprint density at radius 1 is 1.15 bits per heavy atom. The zero-order valence-corrected chi connectivity index (χ0v) is 22.5. The van der Waals surface area contributed by atoms with Crippen LogP contribution in [0.3, 0.4) is 0 Å². The Bertz CT molecular complexity index is 1490. The maximum absolute atomic E-state index is 13.3.